The number of ether oxygens (including phenoxy) is 2. The van der Waals surface area contributed by atoms with Crippen LogP contribution in [0.15, 0.2) is 52.1 Å². The Morgan fingerprint density at radius 1 is 1.12 bits per heavy atom. The van der Waals surface area contributed by atoms with Crippen LogP contribution in [0.1, 0.15) is 15.9 Å². The number of ketones is 1. The average molecular weight is 354 g/mol. The molecule has 25 heavy (non-hydrogen) atoms. The van der Waals surface area contributed by atoms with Crippen molar-refractivity contribution >= 4 is 17.5 Å². The highest BCUT2D eigenvalue weighted by Crippen LogP contribution is 2.33. The quantitative estimate of drug-likeness (QED) is 0.510. The third-order valence-electron chi connectivity index (χ3n) is 3.80. The Morgan fingerprint density at radius 2 is 1.96 bits per heavy atom. The lowest BCUT2D eigenvalue weighted by Crippen LogP contribution is -2.02. The summed E-state index contributed by atoms with van der Waals surface area (Å²) in [6.07, 6.45) is 0. The Hall–Kier alpha value is -2.80. The van der Waals surface area contributed by atoms with Crippen LogP contribution < -0.4 is 9.47 Å². The molecule has 126 valence electrons. The molecule has 0 radical (unpaired) electrons. The van der Waals surface area contributed by atoms with Crippen LogP contribution in [0, 0.1) is 6.92 Å². The fourth-order valence-electron chi connectivity index (χ4n) is 2.47. The molecule has 0 atom stereocenters. The van der Waals surface area contributed by atoms with E-state index < -0.39 is 0 Å². The summed E-state index contributed by atoms with van der Waals surface area (Å²) in [5, 5.41) is 8.43. The number of carbonyl (C=O) groups excluding carboxylic acids is 1. The molecule has 3 aromatic rings. The van der Waals surface area contributed by atoms with Gasteiger partial charge in [-0.3, -0.25) is 4.79 Å². The summed E-state index contributed by atoms with van der Waals surface area (Å²) in [7, 11) is 0. The number of benzene rings is 2. The zero-order valence-corrected chi connectivity index (χ0v) is 14.2. The Bertz CT molecular complexity index is 938. The second-order valence-electron chi connectivity index (χ2n) is 5.47. The largest absolute Gasteiger partial charge is 0.454 e. The van der Waals surface area contributed by atoms with E-state index >= 15 is 0 Å². The lowest BCUT2D eigenvalue weighted by Gasteiger charge is -2.01. The number of hydrogen-bond donors (Lipinski definition) is 0. The van der Waals surface area contributed by atoms with Gasteiger partial charge in [-0.2, -0.15) is 0 Å². The molecule has 2 heterocycles. The van der Waals surface area contributed by atoms with Crippen molar-refractivity contribution in [1.82, 2.24) is 10.2 Å². The van der Waals surface area contributed by atoms with E-state index in [1.165, 1.54) is 11.8 Å². The molecule has 0 aliphatic carbocycles. The second kappa shape index (κ2) is 6.60. The first-order valence-corrected chi connectivity index (χ1v) is 8.64. The molecule has 1 aromatic heterocycles. The Kier molecular flexibility index (Phi) is 4.15. The summed E-state index contributed by atoms with van der Waals surface area (Å²) < 4.78 is 16.2. The lowest BCUT2D eigenvalue weighted by atomic mass is 10.1. The van der Waals surface area contributed by atoms with Gasteiger partial charge in [-0.25, -0.2) is 0 Å². The number of rotatable bonds is 5. The van der Waals surface area contributed by atoms with Gasteiger partial charge < -0.3 is 13.9 Å². The van der Waals surface area contributed by atoms with Gasteiger partial charge in [0, 0.05) is 11.1 Å². The Morgan fingerprint density at radius 3 is 2.84 bits per heavy atom. The molecule has 0 N–H and O–H groups in total. The first-order valence-electron chi connectivity index (χ1n) is 7.66. The van der Waals surface area contributed by atoms with E-state index in [9.17, 15) is 4.79 Å². The van der Waals surface area contributed by atoms with Crippen LogP contribution in [0.2, 0.25) is 0 Å². The van der Waals surface area contributed by atoms with Crippen molar-refractivity contribution < 1.29 is 18.7 Å². The van der Waals surface area contributed by atoms with Crippen molar-refractivity contribution in [3.8, 4) is 23.0 Å². The van der Waals surface area contributed by atoms with Crippen LogP contribution in [-0.2, 0) is 0 Å². The van der Waals surface area contributed by atoms with Crippen LogP contribution in [0.25, 0.3) is 11.5 Å². The average Bonchev–Trinajstić information content (AvgIpc) is 3.28. The van der Waals surface area contributed by atoms with Crippen LogP contribution in [0.3, 0.4) is 0 Å². The third kappa shape index (κ3) is 3.23. The summed E-state index contributed by atoms with van der Waals surface area (Å²) in [6, 6.07) is 12.9. The topological polar surface area (TPSA) is 74.5 Å². The van der Waals surface area contributed by atoms with E-state index in [0.717, 1.165) is 11.1 Å². The minimum Gasteiger partial charge on any atom is -0.454 e. The first-order chi connectivity index (χ1) is 12.2. The van der Waals surface area contributed by atoms with E-state index in [2.05, 4.69) is 10.2 Å². The number of hydrogen-bond acceptors (Lipinski definition) is 7. The number of aromatic nitrogens is 2. The number of Topliss-reactive ketones (excluding diaryl/α,β-unsaturated/α-hetero) is 1. The number of fused-ring (bicyclic) bond motifs is 1. The van der Waals surface area contributed by atoms with E-state index in [0.29, 0.717) is 28.2 Å². The molecular formula is C18H14N2O4S. The van der Waals surface area contributed by atoms with Crippen molar-refractivity contribution in [2.75, 3.05) is 12.5 Å². The summed E-state index contributed by atoms with van der Waals surface area (Å²) in [6.45, 7) is 2.17. The van der Waals surface area contributed by atoms with Gasteiger partial charge in [0.05, 0.1) is 5.75 Å². The normalized spacial score (nSPS) is 12.4. The van der Waals surface area contributed by atoms with E-state index in [1.54, 1.807) is 18.2 Å². The fraction of sp³-hybridized carbons (Fsp3) is 0.167. The highest BCUT2D eigenvalue weighted by atomic mass is 32.2. The van der Waals surface area contributed by atoms with E-state index in [-0.39, 0.29) is 18.3 Å². The SMILES string of the molecule is Cc1ccccc1-c1nnc(SCC(=O)c2ccc3c(c2)OCO3)o1. The van der Waals surface area contributed by atoms with Crippen LogP contribution in [0.4, 0.5) is 0 Å². The number of nitrogens with zero attached hydrogens (tertiary/aromatic N) is 2. The van der Waals surface area contributed by atoms with Gasteiger partial charge in [-0.1, -0.05) is 30.0 Å². The maximum absolute atomic E-state index is 12.3. The molecule has 0 saturated heterocycles. The molecule has 0 unspecified atom stereocenters. The zero-order valence-electron chi connectivity index (χ0n) is 13.4. The molecule has 1 aliphatic rings. The smallest absolute Gasteiger partial charge is 0.277 e. The van der Waals surface area contributed by atoms with Crippen molar-refractivity contribution in [1.29, 1.82) is 0 Å². The van der Waals surface area contributed by atoms with Gasteiger partial charge in [0.1, 0.15) is 0 Å². The fourth-order valence-corrected chi connectivity index (χ4v) is 3.13. The second-order valence-corrected chi connectivity index (χ2v) is 6.39. The van der Waals surface area contributed by atoms with Gasteiger partial charge in [-0.05, 0) is 36.8 Å². The molecular weight excluding hydrogens is 340 g/mol. The lowest BCUT2D eigenvalue weighted by molar-refractivity contribution is 0.102. The monoisotopic (exact) mass is 354 g/mol. The minimum atomic E-state index is -0.0426. The van der Waals surface area contributed by atoms with Crippen LogP contribution in [-0.4, -0.2) is 28.5 Å². The summed E-state index contributed by atoms with van der Waals surface area (Å²) in [5.41, 5.74) is 2.51. The minimum absolute atomic E-state index is 0.0426. The molecule has 7 heteroatoms. The zero-order chi connectivity index (χ0) is 17.2. The van der Waals surface area contributed by atoms with Gasteiger partial charge in [0.25, 0.3) is 5.22 Å². The molecule has 0 bridgehead atoms. The maximum Gasteiger partial charge on any atom is 0.277 e. The van der Waals surface area contributed by atoms with Crippen molar-refractivity contribution in [3.05, 3.63) is 53.6 Å². The predicted octanol–water partition coefficient (Wildman–Crippen LogP) is 3.75. The molecule has 0 amide bonds. The molecule has 0 fully saturated rings. The standard InChI is InChI=1S/C18H14N2O4S/c1-11-4-2-3-5-13(11)17-19-20-18(24-17)25-9-14(21)12-6-7-15-16(8-12)23-10-22-15/h2-8H,9-10H2,1H3. The van der Waals surface area contributed by atoms with Crippen LogP contribution >= 0.6 is 11.8 Å². The molecule has 0 saturated carbocycles. The maximum atomic E-state index is 12.3. The predicted molar refractivity (Wildman–Crippen MR) is 92.1 cm³/mol. The van der Waals surface area contributed by atoms with E-state index in [4.69, 9.17) is 13.9 Å². The van der Waals surface area contributed by atoms with Crippen molar-refractivity contribution in [2.45, 2.75) is 12.1 Å². The first kappa shape index (κ1) is 15.7. The summed E-state index contributed by atoms with van der Waals surface area (Å²) in [4.78, 5) is 12.3. The van der Waals surface area contributed by atoms with Crippen molar-refractivity contribution in [3.63, 3.8) is 0 Å². The van der Waals surface area contributed by atoms with E-state index in [1.807, 2.05) is 31.2 Å². The molecule has 2 aromatic carbocycles. The highest BCUT2D eigenvalue weighted by Gasteiger charge is 2.17. The Balaban J connectivity index is 1.43. The molecule has 4 rings (SSSR count). The molecule has 1 aliphatic heterocycles. The van der Waals surface area contributed by atoms with Gasteiger partial charge in [-0.15, -0.1) is 10.2 Å². The number of thioether (sulfide) groups is 1. The van der Waals surface area contributed by atoms with Gasteiger partial charge >= 0.3 is 0 Å². The van der Waals surface area contributed by atoms with Crippen molar-refractivity contribution in [2.24, 2.45) is 0 Å². The number of carbonyl (C=O) groups is 1. The van der Waals surface area contributed by atoms with Gasteiger partial charge in [0.2, 0.25) is 12.7 Å². The Labute approximate surface area is 148 Å². The van der Waals surface area contributed by atoms with Crippen LogP contribution in [0.5, 0.6) is 11.5 Å². The summed E-state index contributed by atoms with van der Waals surface area (Å²) in [5.74, 6) is 1.87. The molecule has 0 spiro atoms. The third-order valence-corrected chi connectivity index (χ3v) is 4.62. The number of aryl methyl sites for hydroxylation is 1. The molecule has 6 nitrogen and oxygen atoms in total. The highest BCUT2D eigenvalue weighted by molar-refractivity contribution is 7.99. The van der Waals surface area contributed by atoms with Gasteiger partial charge in [0.15, 0.2) is 17.3 Å². The summed E-state index contributed by atoms with van der Waals surface area (Å²) >= 11 is 1.22.